The predicted octanol–water partition coefficient (Wildman–Crippen LogP) is 2.21. The average Bonchev–Trinajstić information content (AvgIpc) is 3.15. The van der Waals surface area contributed by atoms with E-state index in [0.29, 0.717) is 24.5 Å². The van der Waals surface area contributed by atoms with E-state index >= 15 is 0 Å². The van der Waals surface area contributed by atoms with Crippen molar-refractivity contribution >= 4 is 27.7 Å². The molecule has 2 aromatic carbocycles. The van der Waals surface area contributed by atoms with Crippen LogP contribution >= 0.6 is 0 Å². The zero-order valence-corrected chi connectivity index (χ0v) is 16.7. The molecule has 28 heavy (non-hydrogen) atoms. The Morgan fingerprint density at radius 3 is 2.61 bits per heavy atom. The highest BCUT2D eigenvalue weighted by Gasteiger charge is 2.25. The molecule has 148 valence electrons. The van der Waals surface area contributed by atoms with Crippen LogP contribution in [0, 0.1) is 0 Å². The molecule has 0 unspecified atom stereocenters. The largest absolute Gasteiger partial charge is 0.497 e. The van der Waals surface area contributed by atoms with Crippen molar-refractivity contribution < 1.29 is 22.7 Å². The van der Waals surface area contributed by atoms with Crippen LogP contribution < -0.4 is 19.1 Å². The lowest BCUT2D eigenvalue weighted by atomic mass is 10.1. The van der Waals surface area contributed by atoms with Gasteiger partial charge in [-0.1, -0.05) is 0 Å². The summed E-state index contributed by atoms with van der Waals surface area (Å²) in [5, 5.41) is 0. The van der Waals surface area contributed by atoms with Gasteiger partial charge in [-0.05, 0) is 61.5 Å². The molecule has 0 bridgehead atoms. The third kappa shape index (κ3) is 3.88. The van der Waals surface area contributed by atoms with E-state index in [1.807, 2.05) is 0 Å². The van der Waals surface area contributed by atoms with E-state index in [0.717, 1.165) is 16.8 Å². The molecule has 7 nitrogen and oxygen atoms in total. The summed E-state index contributed by atoms with van der Waals surface area (Å²) in [5.41, 5.74) is 2.28. The summed E-state index contributed by atoms with van der Waals surface area (Å²) >= 11 is 0. The summed E-state index contributed by atoms with van der Waals surface area (Å²) in [4.78, 5) is 14.5. The number of nitrogens with zero attached hydrogens (tertiary/aromatic N) is 1. The maximum absolute atomic E-state index is 12.7. The highest BCUT2D eigenvalue weighted by atomic mass is 32.2. The van der Waals surface area contributed by atoms with Gasteiger partial charge in [-0.3, -0.25) is 4.79 Å². The number of ether oxygens (including phenoxy) is 2. The van der Waals surface area contributed by atoms with Crippen molar-refractivity contribution in [3.63, 3.8) is 0 Å². The van der Waals surface area contributed by atoms with Crippen LogP contribution in [0.3, 0.4) is 0 Å². The first-order valence-electron chi connectivity index (χ1n) is 8.67. The van der Waals surface area contributed by atoms with Crippen molar-refractivity contribution in [2.75, 3.05) is 32.7 Å². The third-order valence-electron chi connectivity index (χ3n) is 4.63. The number of carbonyl (C=O) groups is 1. The van der Waals surface area contributed by atoms with Crippen molar-refractivity contribution in [3.8, 4) is 11.5 Å². The lowest BCUT2D eigenvalue weighted by Crippen LogP contribution is -2.26. The molecule has 0 atom stereocenters. The van der Waals surface area contributed by atoms with Crippen LogP contribution in [-0.2, 0) is 21.2 Å². The lowest BCUT2D eigenvalue weighted by Gasteiger charge is -2.15. The Bertz CT molecular complexity index is 1030. The normalized spacial score (nSPS) is 13.6. The molecular weight excluding hydrogens is 380 g/mol. The van der Waals surface area contributed by atoms with Crippen molar-refractivity contribution in [2.45, 2.75) is 11.3 Å². The van der Waals surface area contributed by atoms with Gasteiger partial charge in [0.05, 0.1) is 19.1 Å². The molecule has 1 amide bonds. The summed E-state index contributed by atoms with van der Waals surface area (Å²) in [6.45, 7) is 0.497. The molecule has 1 heterocycles. The lowest BCUT2D eigenvalue weighted by molar-refractivity contribution is -0.114. The summed E-state index contributed by atoms with van der Waals surface area (Å²) < 4.78 is 36.8. The molecule has 3 rings (SSSR count). The Balaban J connectivity index is 1.84. The van der Waals surface area contributed by atoms with Crippen LogP contribution in [0.25, 0.3) is 6.08 Å². The van der Waals surface area contributed by atoms with Gasteiger partial charge in [0.1, 0.15) is 11.5 Å². The number of rotatable bonds is 6. The molecule has 0 spiro atoms. The molecule has 2 aromatic rings. The quantitative estimate of drug-likeness (QED) is 0.749. The first-order valence-corrected chi connectivity index (χ1v) is 10.2. The van der Waals surface area contributed by atoms with E-state index in [2.05, 4.69) is 4.72 Å². The Morgan fingerprint density at radius 1 is 1.14 bits per heavy atom. The number of nitrogens with one attached hydrogen (secondary N) is 1. The Morgan fingerprint density at radius 2 is 1.93 bits per heavy atom. The summed E-state index contributed by atoms with van der Waals surface area (Å²) in [5.74, 6) is 1.11. The van der Waals surface area contributed by atoms with Gasteiger partial charge in [0, 0.05) is 23.9 Å². The van der Waals surface area contributed by atoms with Crippen molar-refractivity contribution in [2.24, 2.45) is 0 Å². The number of sulfonamides is 1. The van der Waals surface area contributed by atoms with E-state index in [-0.39, 0.29) is 10.8 Å². The van der Waals surface area contributed by atoms with Gasteiger partial charge in [-0.25, -0.2) is 13.1 Å². The number of amides is 1. The first-order chi connectivity index (χ1) is 13.4. The first kappa shape index (κ1) is 19.9. The third-order valence-corrected chi connectivity index (χ3v) is 6.05. The fourth-order valence-corrected chi connectivity index (χ4v) is 3.89. The van der Waals surface area contributed by atoms with E-state index in [9.17, 15) is 13.2 Å². The second kappa shape index (κ2) is 8.04. The number of methoxy groups -OCH3 is 2. The monoisotopic (exact) mass is 402 g/mol. The average molecular weight is 402 g/mol. The summed E-state index contributed by atoms with van der Waals surface area (Å²) in [6.07, 6.45) is 3.76. The van der Waals surface area contributed by atoms with Crippen molar-refractivity contribution in [1.82, 2.24) is 4.72 Å². The molecule has 0 saturated heterocycles. The van der Waals surface area contributed by atoms with E-state index < -0.39 is 10.0 Å². The maximum Gasteiger partial charge on any atom is 0.251 e. The minimum absolute atomic E-state index is 0.187. The molecule has 8 heteroatoms. The Labute approximate surface area is 164 Å². The molecule has 0 aromatic heterocycles. The number of hydrogen-bond acceptors (Lipinski definition) is 5. The molecule has 0 radical (unpaired) electrons. The molecule has 0 saturated carbocycles. The predicted molar refractivity (Wildman–Crippen MR) is 107 cm³/mol. The van der Waals surface area contributed by atoms with Crippen LogP contribution in [0.4, 0.5) is 5.69 Å². The maximum atomic E-state index is 12.7. The van der Waals surface area contributed by atoms with Crippen LogP contribution in [0.2, 0.25) is 0 Å². The molecule has 1 N–H and O–H groups in total. The summed E-state index contributed by atoms with van der Waals surface area (Å²) in [6, 6.07) is 10.1. The zero-order valence-electron chi connectivity index (χ0n) is 15.9. The second-order valence-electron chi connectivity index (χ2n) is 6.18. The number of fused-ring (bicyclic) bond motifs is 1. The van der Waals surface area contributed by atoms with Gasteiger partial charge in [0.25, 0.3) is 5.91 Å². The number of anilines is 1. The van der Waals surface area contributed by atoms with Gasteiger partial charge >= 0.3 is 0 Å². The van der Waals surface area contributed by atoms with Gasteiger partial charge in [-0.15, -0.1) is 0 Å². The minimum Gasteiger partial charge on any atom is -0.497 e. The van der Waals surface area contributed by atoms with Crippen molar-refractivity contribution in [1.29, 1.82) is 0 Å². The molecular formula is C20H22N2O5S. The zero-order chi connectivity index (χ0) is 20.3. The fraction of sp³-hybridized carbons (Fsp3) is 0.250. The van der Waals surface area contributed by atoms with E-state index in [1.54, 1.807) is 55.5 Å². The molecule has 1 aliphatic heterocycles. The van der Waals surface area contributed by atoms with Crippen LogP contribution in [0.15, 0.2) is 47.4 Å². The smallest absolute Gasteiger partial charge is 0.251 e. The SMILES string of the molecule is CNS(=O)(=O)c1ccc2c(c1)CCN2C(=O)/C=C/c1cc(OC)ccc1OC. The summed E-state index contributed by atoms with van der Waals surface area (Å²) in [7, 11) is 0.997. The second-order valence-corrected chi connectivity index (χ2v) is 8.07. The topological polar surface area (TPSA) is 84.9 Å². The van der Waals surface area contributed by atoms with Crippen molar-refractivity contribution in [3.05, 3.63) is 53.6 Å². The van der Waals surface area contributed by atoms with E-state index in [1.165, 1.54) is 19.2 Å². The Hall–Kier alpha value is -2.84. The molecule has 1 aliphatic rings. The Kier molecular flexibility index (Phi) is 5.71. The highest BCUT2D eigenvalue weighted by molar-refractivity contribution is 7.89. The van der Waals surface area contributed by atoms with E-state index in [4.69, 9.17) is 9.47 Å². The van der Waals surface area contributed by atoms with Gasteiger partial charge < -0.3 is 14.4 Å². The van der Waals surface area contributed by atoms with Gasteiger partial charge in [-0.2, -0.15) is 0 Å². The number of benzene rings is 2. The van der Waals surface area contributed by atoms with Crippen LogP contribution in [0.5, 0.6) is 11.5 Å². The van der Waals surface area contributed by atoms with Crippen LogP contribution in [0.1, 0.15) is 11.1 Å². The van der Waals surface area contributed by atoms with Crippen LogP contribution in [-0.4, -0.2) is 42.1 Å². The highest BCUT2D eigenvalue weighted by Crippen LogP contribution is 2.31. The van der Waals surface area contributed by atoms with Gasteiger partial charge in [0.15, 0.2) is 0 Å². The molecule has 0 fully saturated rings. The fourth-order valence-electron chi connectivity index (χ4n) is 3.11. The standard InChI is InChI=1S/C20H22N2O5S/c1-21-28(24,25)17-6-7-18-14(13-17)10-11-22(18)20(23)9-4-15-12-16(26-2)5-8-19(15)27-3/h4-9,12-13,21H,10-11H2,1-3H3/b9-4+. The van der Waals surface area contributed by atoms with Gasteiger partial charge in [0.2, 0.25) is 10.0 Å². The number of hydrogen-bond donors (Lipinski definition) is 1. The minimum atomic E-state index is -3.51. The number of carbonyl (C=O) groups excluding carboxylic acids is 1. The molecule has 0 aliphatic carbocycles.